The molecule has 0 saturated carbocycles. The van der Waals surface area contributed by atoms with Crippen LogP contribution in [0.5, 0.6) is 0 Å². The molecule has 0 aliphatic rings. The number of rotatable bonds is 4. The largest absolute Gasteiger partial charge is 0.468 e. The standard InChI is InChI=1S/C10H12BrNO3S/c1-3-12(6-8(13)15-2)10(14)9-7(11)4-5-16-9/h4-5H,3,6H2,1-2H3. The molecule has 88 valence electrons. The second-order valence-electron chi connectivity index (χ2n) is 2.99. The summed E-state index contributed by atoms with van der Waals surface area (Å²) in [6.07, 6.45) is 0. The van der Waals surface area contributed by atoms with E-state index in [4.69, 9.17) is 0 Å². The summed E-state index contributed by atoms with van der Waals surface area (Å²) in [5.74, 6) is -0.572. The van der Waals surface area contributed by atoms with Gasteiger partial charge in [-0.15, -0.1) is 11.3 Å². The third-order valence-corrected chi connectivity index (χ3v) is 3.85. The van der Waals surface area contributed by atoms with E-state index in [1.807, 2.05) is 18.4 Å². The van der Waals surface area contributed by atoms with Crippen LogP contribution in [0.3, 0.4) is 0 Å². The van der Waals surface area contributed by atoms with E-state index in [1.54, 1.807) is 0 Å². The van der Waals surface area contributed by atoms with Crippen molar-refractivity contribution in [3.63, 3.8) is 0 Å². The molecule has 0 fully saturated rings. The molecule has 1 amide bonds. The Hall–Kier alpha value is -0.880. The van der Waals surface area contributed by atoms with Crippen LogP contribution >= 0.6 is 27.3 Å². The van der Waals surface area contributed by atoms with Crippen molar-refractivity contribution >= 4 is 39.1 Å². The minimum atomic E-state index is -0.414. The predicted octanol–water partition coefficient (Wildman–Crippen LogP) is 2.15. The molecule has 0 N–H and O–H groups in total. The van der Waals surface area contributed by atoms with Gasteiger partial charge in [-0.25, -0.2) is 0 Å². The van der Waals surface area contributed by atoms with Crippen LogP contribution in [0.2, 0.25) is 0 Å². The minimum absolute atomic E-state index is 0.0177. The lowest BCUT2D eigenvalue weighted by Gasteiger charge is -2.18. The van der Waals surface area contributed by atoms with Crippen LogP contribution in [0.15, 0.2) is 15.9 Å². The number of carbonyl (C=O) groups is 2. The number of nitrogens with zero attached hydrogens (tertiary/aromatic N) is 1. The van der Waals surface area contributed by atoms with Gasteiger partial charge in [0.2, 0.25) is 0 Å². The topological polar surface area (TPSA) is 46.6 Å². The van der Waals surface area contributed by atoms with Crippen molar-refractivity contribution in [1.29, 1.82) is 0 Å². The van der Waals surface area contributed by atoms with Gasteiger partial charge in [0.25, 0.3) is 5.91 Å². The molecule has 0 spiro atoms. The molecule has 0 aliphatic carbocycles. The van der Waals surface area contributed by atoms with E-state index in [2.05, 4.69) is 20.7 Å². The van der Waals surface area contributed by atoms with Crippen LogP contribution in [0, 0.1) is 0 Å². The van der Waals surface area contributed by atoms with E-state index >= 15 is 0 Å². The van der Waals surface area contributed by atoms with E-state index in [0.717, 1.165) is 4.47 Å². The summed E-state index contributed by atoms with van der Waals surface area (Å²) in [5, 5.41) is 1.82. The van der Waals surface area contributed by atoms with Crippen molar-refractivity contribution in [3.05, 3.63) is 20.8 Å². The van der Waals surface area contributed by atoms with Crippen LogP contribution in [-0.4, -0.2) is 37.0 Å². The molecular weight excluding hydrogens is 294 g/mol. The molecular formula is C10H12BrNO3S. The Morgan fingerprint density at radius 2 is 2.25 bits per heavy atom. The maximum atomic E-state index is 12.0. The maximum Gasteiger partial charge on any atom is 0.325 e. The lowest BCUT2D eigenvalue weighted by atomic mass is 10.4. The van der Waals surface area contributed by atoms with Gasteiger partial charge in [-0.3, -0.25) is 9.59 Å². The van der Waals surface area contributed by atoms with Gasteiger partial charge < -0.3 is 9.64 Å². The second-order valence-corrected chi connectivity index (χ2v) is 4.76. The second kappa shape index (κ2) is 6.00. The molecule has 6 heteroatoms. The van der Waals surface area contributed by atoms with Crippen molar-refractivity contribution in [3.8, 4) is 0 Å². The number of halogens is 1. The predicted molar refractivity (Wildman–Crippen MR) is 65.6 cm³/mol. The minimum Gasteiger partial charge on any atom is -0.468 e. The van der Waals surface area contributed by atoms with Gasteiger partial charge in [-0.05, 0) is 34.3 Å². The van der Waals surface area contributed by atoms with E-state index in [1.165, 1.54) is 23.3 Å². The first-order chi connectivity index (χ1) is 7.60. The zero-order valence-corrected chi connectivity index (χ0v) is 11.4. The molecule has 0 radical (unpaired) electrons. The Morgan fingerprint density at radius 3 is 2.69 bits per heavy atom. The highest BCUT2D eigenvalue weighted by molar-refractivity contribution is 9.10. The van der Waals surface area contributed by atoms with Gasteiger partial charge in [0, 0.05) is 11.0 Å². The average Bonchev–Trinajstić information content (AvgIpc) is 2.71. The quantitative estimate of drug-likeness (QED) is 0.801. The number of methoxy groups -OCH3 is 1. The van der Waals surface area contributed by atoms with E-state index in [-0.39, 0.29) is 12.5 Å². The van der Waals surface area contributed by atoms with Gasteiger partial charge in [-0.1, -0.05) is 0 Å². The molecule has 0 unspecified atom stereocenters. The van der Waals surface area contributed by atoms with Gasteiger partial charge in [0.05, 0.1) is 7.11 Å². The van der Waals surface area contributed by atoms with Crippen molar-refractivity contribution < 1.29 is 14.3 Å². The molecule has 1 heterocycles. The van der Waals surface area contributed by atoms with Crippen molar-refractivity contribution in [2.75, 3.05) is 20.2 Å². The maximum absolute atomic E-state index is 12.0. The van der Waals surface area contributed by atoms with Crippen LogP contribution in [0.1, 0.15) is 16.6 Å². The van der Waals surface area contributed by atoms with Crippen molar-refractivity contribution in [1.82, 2.24) is 4.90 Å². The molecule has 4 nitrogen and oxygen atoms in total. The summed E-state index contributed by atoms with van der Waals surface area (Å²) < 4.78 is 5.29. The van der Waals surface area contributed by atoms with Crippen LogP contribution in [0.4, 0.5) is 0 Å². The smallest absolute Gasteiger partial charge is 0.325 e. The van der Waals surface area contributed by atoms with Gasteiger partial charge in [0.1, 0.15) is 11.4 Å². The summed E-state index contributed by atoms with van der Waals surface area (Å²) >= 11 is 4.64. The van der Waals surface area contributed by atoms with Gasteiger partial charge in [-0.2, -0.15) is 0 Å². The van der Waals surface area contributed by atoms with E-state index < -0.39 is 5.97 Å². The summed E-state index contributed by atoms with van der Waals surface area (Å²) in [7, 11) is 1.31. The molecule has 16 heavy (non-hydrogen) atoms. The highest BCUT2D eigenvalue weighted by Gasteiger charge is 2.20. The lowest BCUT2D eigenvalue weighted by Crippen LogP contribution is -2.35. The molecule has 1 aromatic heterocycles. The Kier molecular flexibility index (Phi) is 4.95. The number of esters is 1. The summed E-state index contributed by atoms with van der Waals surface area (Å²) in [4.78, 5) is 25.2. The SMILES string of the molecule is CCN(CC(=O)OC)C(=O)c1sccc1Br. The lowest BCUT2D eigenvalue weighted by molar-refractivity contribution is -0.141. The van der Waals surface area contributed by atoms with Gasteiger partial charge in [0.15, 0.2) is 0 Å². The zero-order chi connectivity index (χ0) is 12.1. The zero-order valence-electron chi connectivity index (χ0n) is 9.03. The highest BCUT2D eigenvalue weighted by Crippen LogP contribution is 2.24. The fraction of sp³-hybridized carbons (Fsp3) is 0.400. The molecule has 0 aromatic carbocycles. The Morgan fingerprint density at radius 1 is 1.56 bits per heavy atom. The fourth-order valence-corrected chi connectivity index (χ4v) is 2.65. The average molecular weight is 306 g/mol. The first-order valence-electron chi connectivity index (χ1n) is 4.69. The summed E-state index contributed by atoms with van der Waals surface area (Å²) in [6, 6.07) is 1.81. The molecule has 1 rings (SSSR count). The number of likely N-dealkylation sites (N-methyl/N-ethyl adjacent to an activating group) is 1. The molecule has 0 bridgehead atoms. The summed E-state index contributed by atoms with van der Waals surface area (Å²) in [6.45, 7) is 2.27. The third-order valence-electron chi connectivity index (χ3n) is 2.03. The number of carbonyl (C=O) groups excluding carboxylic acids is 2. The monoisotopic (exact) mass is 305 g/mol. The fourth-order valence-electron chi connectivity index (χ4n) is 1.14. The molecule has 1 aromatic rings. The van der Waals surface area contributed by atoms with Crippen LogP contribution in [0.25, 0.3) is 0 Å². The highest BCUT2D eigenvalue weighted by atomic mass is 79.9. The van der Waals surface area contributed by atoms with Crippen LogP contribution in [-0.2, 0) is 9.53 Å². The Labute approximate surface area is 106 Å². The normalized spacial score (nSPS) is 9.94. The molecule has 0 saturated heterocycles. The van der Waals surface area contributed by atoms with Crippen molar-refractivity contribution in [2.24, 2.45) is 0 Å². The Bertz CT molecular complexity index is 391. The number of ether oxygens (including phenoxy) is 1. The number of hydrogen-bond acceptors (Lipinski definition) is 4. The summed E-state index contributed by atoms with van der Waals surface area (Å²) in [5.41, 5.74) is 0. The number of amides is 1. The third kappa shape index (κ3) is 3.05. The number of hydrogen-bond donors (Lipinski definition) is 0. The Balaban J connectivity index is 2.78. The van der Waals surface area contributed by atoms with E-state index in [9.17, 15) is 9.59 Å². The molecule has 0 aliphatic heterocycles. The first-order valence-corrected chi connectivity index (χ1v) is 6.36. The number of thiophene rings is 1. The molecule has 0 atom stereocenters. The van der Waals surface area contributed by atoms with E-state index in [0.29, 0.717) is 11.4 Å². The van der Waals surface area contributed by atoms with Crippen molar-refractivity contribution in [2.45, 2.75) is 6.92 Å². The first kappa shape index (κ1) is 13.2. The van der Waals surface area contributed by atoms with Gasteiger partial charge >= 0.3 is 5.97 Å². The van der Waals surface area contributed by atoms with Crippen LogP contribution < -0.4 is 0 Å².